The maximum Gasteiger partial charge on any atom is 0.0828 e. The van der Waals surface area contributed by atoms with E-state index in [1.54, 1.807) is 0 Å². The highest BCUT2D eigenvalue weighted by molar-refractivity contribution is 4.85. The largest absolute Gasteiger partial charge is 0.390 e. The highest BCUT2D eigenvalue weighted by Crippen LogP contribution is 2.31. The molecule has 2 nitrogen and oxygen atoms in total. The van der Waals surface area contributed by atoms with Crippen LogP contribution >= 0.6 is 0 Å². The molecule has 0 aliphatic carbocycles. The maximum atomic E-state index is 9.70. The summed E-state index contributed by atoms with van der Waals surface area (Å²) in [6.45, 7) is 8.36. The van der Waals surface area contributed by atoms with Gasteiger partial charge in [-0.3, -0.25) is 0 Å². The molecule has 0 saturated carbocycles. The van der Waals surface area contributed by atoms with E-state index in [-0.39, 0.29) is 12.2 Å². The van der Waals surface area contributed by atoms with E-state index in [0.29, 0.717) is 17.9 Å². The van der Waals surface area contributed by atoms with Crippen LogP contribution in [0.5, 0.6) is 0 Å². The Morgan fingerprint density at radius 3 is 2.25 bits per heavy atom. The number of rotatable bonds is 1. The fraction of sp³-hybridized carbons (Fsp3) is 1.00. The molecule has 72 valence electrons. The minimum absolute atomic E-state index is 0.00106. The van der Waals surface area contributed by atoms with Crippen molar-refractivity contribution in [1.82, 2.24) is 0 Å². The monoisotopic (exact) mass is 172 g/mol. The first-order chi connectivity index (χ1) is 5.57. The SMILES string of the molecule is CC[C@H]1O[C@@H](C)[C@@H](O)[C@@H](C)[C@@H]1C. The molecule has 0 bridgehead atoms. The Balaban J connectivity index is 2.63. The van der Waals surface area contributed by atoms with Gasteiger partial charge in [-0.1, -0.05) is 20.8 Å². The summed E-state index contributed by atoms with van der Waals surface area (Å²) < 4.78 is 5.68. The second-order valence-electron chi connectivity index (χ2n) is 4.00. The number of hydrogen-bond acceptors (Lipinski definition) is 2. The number of ether oxygens (including phenoxy) is 1. The van der Waals surface area contributed by atoms with Gasteiger partial charge in [0.1, 0.15) is 0 Å². The third kappa shape index (κ3) is 1.64. The van der Waals surface area contributed by atoms with Gasteiger partial charge in [0.25, 0.3) is 0 Å². The number of hydrogen-bond donors (Lipinski definition) is 1. The molecular weight excluding hydrogens is 152 g/mol. The lowest BCUT2D eigenvalue weighted by atomic mass is 9.81. The predicted octanol–water partition coefficient (Wildman–Crippen LogP) is 1.82. The molecule has 0 aromatic rings. The van der Waals surface area contributed by atoms with Crippen LogP contribution in [0.2, 0.25) is 0 Å². The zero-order chi connectivity index (χ0) is 9.30. The van der Waals surface area contributed by atoms with Crippen molar-refractivity contribution in [1.29, 1.82) is 0 Å². The summed E-state index contributed by atoms with van der Waals surface area (Å²) in [6.07, 6.45) is 1.09. The van der Waals surface area contributed by atoms with Gasteiger partial charge in [-0.05, 0) is 25.2 Å². The smallest absolute Gasteiger partial charge is 0.0828 e. The minimum Gasteiger partial charge on any atom is -0.390 e. The van der Waals surface area contributed by atoms with Crippen LogP contribution in [0.15, 0.2) is 0 Å². The summed E-state index contributed by atoms with van der Waals surface area (Å²) in [4.78, 5) is 0. The van der Waals surface area contributed by atoms with E-state index in [1.165, 1.54) is 0 Å². The Hall–Kier alpha value is -0.0800. The molecule has 1 aliphatic heterocycles. The van der Waals surface area contributed by atoms with E-state index in [9.17, 15) is 5.11 Å². The van der Waals surface area contributed by atoms with Gasteiger partial charge in [-0.15, -0.1) is 0 Å². The van der Waals surface area contributed by atoms with Gasteiger partial charge in [-0.25, -0.2) is 0 Å². The van der Waals surface area contributed by atoms with E-state index in [4.69, 9.17) is 4.74 Å². The van der Waals surface area contributed by atoms with Crippen molar-refractivity contribution in [3.8, 4) is 0 Å². The minimum atomic E-state index is -0.289. The van der Waals surface area contributed by atoms with E-state index < -0.39 is 0 Å². The highest BCUT2D eigenvalue weighted by atomic mass is 16.5. The molecule has 0 aromatic heterocycles. The molecule has 1 aliphatic rings. The Morgan fingerprint density at radius 1 is 1.17 bits per heavy atom. The molecular formula is C10H20O2. The summed E-state index contributed by atoms with van der Waals surface area (Å²) in [5.74, 6) is 0.833. The second-order valence-corrected chi connectivity index (χ2v) is 4.00. The Morgan fingerprint density at radius 2 is 1.75 bits per heavy atom. The van der Waals surface area contributed by atoms with Crippen LogP contribution in [0, 0.1) is 11.8 Å². The highest BCUT2D eigenvalue weighted by Gasteiger charge is 2.37. The van der Waals surface area contributed by atoms with Crippen LogP contribution in [0.25, 0.3) is 0 Å². The van der Waals surface area contributed by atoms with Gasteiger partial charge in [0, 0.05) is 0 Å². The van der Waals surface area contributed by atoms with E-state index in [1.807, 2.05) is 6.92 Å². The predicted molar refractivity (Wildman–Crippen MR) is 49.0 cm³/mol. The standard InChI is InChI=1S/C10H20O2/c1-5-9-6(2)7(3)10(11)8(4)12-9/h6-11H,5H2,1-4H3/t6-,7-,8-,9+,10-/m0/s1. The first kappa shape index (κ1) is 10.0. The van der Waals surface area contributed by atoms with Crippen LogP contribution in [0.4, 0.5) is 0 Å². The lowest BCUT2D eigenvalue weighted by Crippen LogP contribution is -2.47. The van der Waals surface area contributed by atoms with Crippen LogP contribution < -0.4 is 0 Å². The van der Waals surface area contributed by atoms with E-state index in [2.05, 4.69) is 20.8 Å². The lowest BCUT2D eigenvalue weighted by Gasteiger charge is -2.41. The molecule has 0 spiro atoms. The van der Waals surface area contributed by atoms with Gasteiger partial charge in [0.15, 0.2) is 0 Å². The average molecular weight is 172 g/mol. The Labute approximate surface area is 74.9 Å². The van der Waals surface area contributed by atoms with Gasteiger partial charge in [0.2, 0.25) is 0 Å². The van der Waals surface area contributed by atoms with Gasteiger partial charge in [-0.2, -0.15) is 0 Å². The third-order valence-corrected chi connectivity index (χ3v) is 3.23. The van der Waals surface area contributed by atoms with E-state index >= 15 is 0 Å². The fourth-order valence-corrected chi connectivity index (χ4v) is 2.03. The average Bonchev–Trinajstić information content (AvgIpc) is 2.08. The zero-order valence-electron chi connectivity index (χ0n) is 8.45. The van der Waals surface area contributed by atoms with Crippen LogP contribution in [-0.2, 0) is 4.74 Å². The van der Waals surface area contributed by atoms with Crippen molar-refractivity contribution < 1.29 is 9.84 Å². The van der Waals surface area contributed by atoms with Crippen molar-refractivity contribution in [2.24, 2.45) is 11.8 Å². The van der Waals surface area contributed by atoms with Gasteiger partial charge < -0.3 is 9.84 Å². The molecule has 0 amide bonds. The second kappa shape index (κ2) is 3.75. The molecule has 1 heterocycles. The van der Waals surface area contributed by atoms with E-state index in [0.717, 1.165) is 6.42 Å². The maximum absolute atomic E-state index is 9.70. The quantitative estimate of drug-likeness (QED) is 0.653. The zero-order valence-corrected chi connectivity index (χ0v) is 8.45. The van der Waals surface area contributed by atoms with Crippen LogP contribution in [-0.4, -0.2) is 23.4 Å². The fourth-order valence-electron chi connectivity index (χ4n) is 2.03. The molecule has 1 N–H and O–H groups in total. The Bertz CT molecular complexity index is 142. The van der Waals surface area contributed by atoms with Crippen molar-refractivity contribution in [3.63, 3.8) is 0 Å². The van der Waals surface area contributed by atoms with Crippen molar-refractivity contribution in [2.45, 2.75) is 52.4 Å². The topological polar surface area (TPSA) is 29.5 Å². The van der Waals surface area contributed by atoms with Crippen molar-refractivity contribution in [3.05, 3.63) is 0 Å². The first-order valence-corrected chi connectivity index (χ1v) is 4.91. The molecule has 1 saturated heterocycles. The third-order valence-electron chi connectivity index (χ3n) is 3.23. The Kier molecular flexibility index (Phi) is 3.13. The summed E-state index contributed by atoms with van der Waals surface area (Å²) >= 11 is 0. The van der Waals surface area contributed by atoms with Gasteiger partial charge in [0.05, 0.1) is 18.3 Å². The summed E-state index contributed by atoms with van der Waals surface area (Å²) in [5, 5.41) is 9.70. The number of aliphatic hydroxyl groups is 1. The molecule has 5 atom stereocenters. The van der Waals surface area contributed by atoms with Gasteiger partial charge >= 0.3 is 0 Å². The molecule has 1 rings (SSSR count). The molecule has 0 radical (unpaired) electrons. The molecule has 0 aromatic carbocycles. The molecule has 1 fully saturated rings. The molecule has 12 heavy (non-hydrogen) atoms. The normalized spacial score (nSPS) is 49.2. The van der Waals surface area contributed by atoms with Crippen molar-refractivity contribution in [2.75, 3.05) is 0 Å². The summed E-state index contributed by atoms with van der Waals surface area (Å²) in [7, 11) is 0. The molecule has 0 unspecified atom stereocenters. The lowest BCUT2D eigenvalue weighted by molar-refractivity contribution is -0.161. The molecule has 2 heteroatoms. The van der Waals surface area contributed by atoms with Crippen LogP contribution in [0.3, 0.4) is 0 Å². The number of aliphatic hydroxyl groups excluding tert-OH is 1. The van der Waals surface area contributed by atoms with Crippen LogP contribution in [0.1, 0.15) is 34.1 Å². The first-order valence-electron chi connectivity index (χ1n) is 4.91. The summed E-state index contributed by atoms with van der Waals surface area (Å²) in [5.41, 5.74) is 0. The summed E-state index contributed by atoms with van der Waals surface area (Å²) in [6, 6.07) is 0. The van der Waals surface area contributed by atoms with Crippen molar-refractivity contribution >= 4 is 0 Å².